The fourth-order valence-corrected chi connectivity index (χ4v) is 1.85. The molecule has 2 atom stereocenters. The van der Waals surface area contributed by atoms with Gasteiger partial charge < -0.3 is 19.9 Å². The molecule has 0 aliphatic heterocycles. The van der Waals surface area contributed by atoms with Crippen LogP contribution in [0.3, 0.4) is 0 Å². The number of aromatic nitrogens is 1. The van der Waals surface area contributed by atoms with Crippen molar-refractivity contribution in [1.82, 2.24) is 4.98 Å². The predicted octanol–water partition coefficient (Wildman–Crippen LogP) is 1.93. The maximum atomic E-state index is 6.14. The lowest BCUT2D eigenvalue weighted by atomic mass is 10.0. The molecule has 0 radical (unpaired) electrons. The molecule has 1 aromatic rings. The van der Waals surface area contributed by atoms with E-state index in [0.29, 0.717) is 26.4 Å². The van der Waals surface area contributed by atoms with Crippen LogP contribution in [0.25, 0.3) is 0 Å². The summed E-state index contributed by atoms with van der Waals surface area (Å²) in [5.74, 6) is 0. The van der Waals surface area contributed by atoms with Crippen LogP contribution in [0.15, 0.2) is 24.5 Å². The first-order valence-electron chi connectivity index (χ1n) is 7.13. The van der Waals surface area contributed by atoms with E-state index in [1.54, 1.807) is 19.5 Å². The predicted molar refractivity (Wildman–Crippen MR) is 78.5 cm³/mol. The van der Waals surface area contributed by atoms with Crippen molar-refractivity contribution in [2.75, 3.05) is 33.5 Å². The highest BCUT2D eigenvalue weighted by molar-refractivity contribution is 5.15. The molecule has 114 valence electrons. The number of rotatable bonds is 11. The van der Waals surface area contributed by atoms with Gasteiger partial charge in [0.05, 0.1) is 19.3 Å². The van der Waals surface area contributed by atoms with Crippen LogP contribution in [0.5, 0.6) is 0 Å². The Kier molecular flexibility index (Phi) is 9.15. The third-order valence-electron chi connectivity index (χ3n) is 3.06. The van der Waals surface area contributed by atoms with Crippen molar-refractivity contribution >= 4 is 0 Å². The van der Waals surface area contributed by atoms with E-state index in [0.717, 1.165) is 18.4 Å². The van der Waals surface area contributed by atoms with E-state index in [1.165, 1.54) is 0 Å². The summed E-state index contributed by atoms with van der Waals surface area (Å²) in [5.41, 5.74) is 7.21. The molecule has 0 spiro atoms. The molecule has 0 aliphatic carbocycles. The lowest BCUT2D eigenvalue weighted by Gasteiger charge is -2.23. The highest BCUT2D eigenvalue weighted by atomic mass is 16.5. The van der Waals surface area contributed by atoms with Crippen molar-refractivity contribution < 1.29 is 14.2 Å². The molecule has 2 unspecified atom stereocenters. The highest BCUT2D eigenvalue weighted by Gasteiger charge is 2.18. The van der Waals surface area contributed by atoms with Gasteiger partial charge in [0.25, 0.3) is 0 Å². The summed E-state index contributed by atoms with van der Waals surface area (Å²) in [7, 11) is 1.66. The smallest absolute Gasteiger partial charge is 0.0976 e. The fourth-order valence-electron chi connectivity index (χ4n) is 1.85. The van der Waals surface area contributed by atoms with Gasteiger partial charge in [0.1, 0.15) is 0 Å². The second kappa shape index (κ2) is 10.7. The standard InChI is InChI=1S/C15H26N2O3/c1-3-14(16)15(13-5-7-17-8-6-13)20-10-4-9-19-12-11-18-2/h5-8,14-15H,3-4,9-12,16H2,1-2H3. The molecule has 5 heteroatoms. The van der Waals surface area contributed by atoms with Crippen LogP contribution < -0.4 is 5.73 Å². The molecule has 2 N–H and O–H groups in total. The molecule has 1 heterocycles. The van der Waals surface area contributed by atoms with Crippen molar-refractivity contribution in [2.45, 2.75) is 31.9 Å². The van der Waals surface area contributed by atoms with Gasteiger partial charge in [-0.2, -0.15) is 0 Å². The van der Waals surface area contributed by atoms with Gasteiger partial charge in [-0.15, -0.1) is 0 Å². The van der Waals surface area contributed by atoms with Crippen LogP contribution in [0.1, 0.15) is 31.4 Å². The van der Waals surface area contributed by atoms with Crippen LogP contribution >= 0.6 is 0 Å². The lowest BCUT2D eigenvalue weighted by Crippen LogP contribution is -2.30. The largest absolute Gasteiger partial charge is 0.382 e. The van der Waals surface area contributed by atoms with E-state index in [-0.39, 0.29) is 12.1 Å². The van der Waals surface area contributed by atoms with Crippen molar-refractivity contribution in [3.63, 3.8) is 0 Å². The van der Waals surface area contributed by atoms with Gasteiger partial charge >= 0.3 is 0 Å². The molecule has 5 nitrogen and oxygen atoms in total. The summed E-state index contributed by atoms with van der Waals surface area (Å²) in [6, 6.07) is 3.90. The minimum atomic E-state index is -0.0815. The molecule has 0 bridgehead atoms. The van der Waals surface area contributed by atoms with E-state index in [1.807, 2.05) is 12.1 Å². The van der Waals surface area contributed by atoms with Crippen LogP contribution in [0.4, 0.5) is 0 Å². The number of nitrogens with zero attached hydrogens (tertiary/aromatic N) is 1. The zero-order chi connectivity index (χ0) is 14.6. The molecule has 1 rings (SSSR count). The molecule has 1 aromatic heterocycles. The summed E-state index contributed by atoms with van der Waals surface area (Å²) in [6.45, 7) is 4.62. The van der Waals surface area contributed by atoms with Crippen LogP contribution in [0.2, 0.25) is 0 Å². The number of ether oxygens (including phenoxy) is 3. The summed E-state index contributed by atoms with van der Waals surface area (Å²) in [5, 5.41) is 0. The Morgan fingerprint density at radius 3 is 2.55 bits per heavy atom. The topological polar surface area (TPSA) is 66.6 Å². The Hall–Kier alpha value is -1.01. The lowest BCUT2D eigenvalue weighted by molar-refractivity contribution is 0.0112. The maximum Gasteiger partial charge on any atom is 0.0976 e. The molecule has 0 saturated carbocycles. The third kappa shape index (κ3) is 6.43. The van der Waals surface area contributed by atoms with Crippen molar-refractivity contribution in [3.05, 3.63) is 30.1 Å². The Labute approximate surface area is 121 Å². The van der Waals surface area contributed by atoms with E-state index in [4.69, 9.17) is 19.9 Å². The fraction of sp³-hybridized carbons (Fsp3) is 0.667. The van der Waals surface area contributed by atoms with Crippen molar-refractivity contribution in [1.29, 1.82) is 0 Å². The monoisotopic (exact) mass is 282 g/mol. The van der Waals surface area contributed by atoms with Gasteiger partial charge in [0.15, 0.2) is 0 Å². The van der Waals surface area contributed by atoms with E-state index >= 15 is 0 Å². The van der Waals surface area contributed by atoms with E-state index < -0.39 is 0 Å². The van der Waals surface area contributed by atoms with Gasteiger partial charge in [-0.25, -0.2) is 0 Å². The molecule has 0 saturated heterocycles. The normalized spacial score (nSPS) is 14.2. The van der Waals surface area contributed by atoms with Gasteiger partial charge in [-0.05, 0) is 30.5 Å². The highest BCUT2D eigenvalue weighted by Crippen LogP contribution is 2.21. The van der Waals surface area contributed by atoms with E-state index in [9.17, 15) is 0 Å². The Morgan fingerprint density at radius 2 is 1.90 bits per heavy atom. The summed E-state index contributed by atoms with van der Waals surface area (Å²) < 4.78 is 16.2. The molecule has 20 heavy (non-hydrogen) atoms. The number of hydrogen-bond donors (Lipinski definition) is 1. The first-order valence-corrected chi connectivity index (χ1v) is 7.13. The first-order chi connectivity index (χ1) is 9.79. The van der Waals surface area contributed by atoms with Crippen LogP contribution in [-0.4, -0.2) is 44.6 Å². The second-order valence-corrected chi connectivity index (χ2v) is 4.60. The molecule has 0 aromatic carbocycles. The number of methoxy groups -OCH3 is 1. The molecule has 0 aliphatic rings. The van der Waals surface area contributed by atoms with Crippen molar-refractivity contribution in [3.8, 4) is 0 Å². The Balaban J connectivity index is 2.32. The van der Waals surface area contributed by atoms with Gasteiger partial charge in [-0.1, -0.05) is 6.92 Å². The van der Waals surface area contributed by atoms with E-state index in [2.05, 4.69) is 11.9 Å². The zero-order valence-corrected chi connectivity index (χ0v) is 12.5. The quantitative estimate of drug-likeness (QED) is 0.628. The molecular formula is C15H26N2O3. The minimum Gasteiger partial charge on any atom is -0.382 e. The Morgan fingerprint density at radius 1 is 1.15 bits per heavy atom. The summed E-state index contributed by atoms with van der Waals surface area (Å²) in [6.07, 6.45) is 5.17. The zero-order valence-electron chi connectivity index (χ0n) is 12.5. The molecular weight excluding hydrogens is 256 g/mol. The average molecular weight is 282 g/mol. The second-order valence-electron chi connectivity index (χ2n) is 4.60. The summed E-state index contributed by atoms with van der Waals surface area (Å²) in [4.78, 5) is 4.02. The average Bonchev–Trinajstić information content (AvgIpc) is 2.50. The number of hydrogen-bond acceptors (Lipinski definition) is 5. The first kappa shape index (κ1) is 17.0. The number of nitrogens with two attached hydrogens (primary N) is 1. The van der Waals surface area contributed by atoms with Gasteiger partial charge in [0, 0.05) is 38.8 Å². The molecule has 0 amide bonds. The van der Waals surface area contributed by atoms with Gasteiger partial charge in [0.2, 0.25) is 0 Å². The van der Waals surface area contributed by atoms with Gasteiger partial charge in [-0.3, -0.25) is 4.98 Å². The number of pyridine rings is 1. The summed E-state index contributed by atoms with van der Waals surface area (Å²) >= 11 is 0. The molecule has 0 fully saturated rings. The Bertz CT molecular complexity index is 335. The SMILES string of the molecule is CCC(N)C(OCCCOCCOC)c1ccncc1. The minimum absolute atomic E-state index is 0.00758. The maximum absolute atomic E-state index is 6.14. The third-order valence-corrected chi connectivity index (χ3v) is 3.06. The van der Waals surface area contributed by atoms with Crippen LogP contribution in [0, 0.1) is 0 Å². The van der Waals surface area contributed by atoms with Crippen LogP contribution in [-0.2, 0) is 14.2 Å². The van der Waals surface area contributed by atoms with Crippen molar-refractivity contribution in [2.24, 2.45) is 5.73 Å².